The highest BCUT2D eigenvalue weighted by Gasteiger charge is 2.23. The number of sulfone groups is 1. The molecule has 0 amide bonds. The molecule has 1 heterocycles. The van der Waals surface area contributed by atoms with Crippen molar-refractivity contribution in [3.05, 3.63) is 54.9 Å². The molecule has 1 N–H and O–H groups in total. The molecule has 0 saturated carbocycles. The molecular weight excluding hydrogens is 376 g/mol. The smallest absolute Gasteiger partial charge is 0.263 e. The molecule has 0 aliphatic rings. The maximum atomic E-state index is 12.7. The second-order valence-corrected chi connectivity index (χ2v) is 9.31. The number of aryl methyl sites for hydroxylation is 1. The molecule has 2 aromatic carbocycles. The third-order valence-electron chi connectivity index (χ3n) is 3.62. The van der Waals surface area contributed by atoms with Gasteiger partial charge in [0.1, 0.15) is 11.2 Å². The van der Waals surface area contributed by atoms with Crippen molar-refractivity contribution in [2.75, 3.05) is 11.0 Å². The normalized spacial score (nSPS) is 12.1. The quantitative estimate of drug-likeness (QED) is 0.707. The van der Waals surface area contributed by atoms with E-state index in [-0.39, 0.29) is 15.5 Å². The van der Waals surface area contributed by atoms with Gasteiger partial charge >= 0.3 is 0 Å². The van der Waals surface area contributed by atoms with E-state index >= 15 is 0 Å². The summed E-state index contributed by atoms with van der Waals surface area (Å²) in [6.45, 7) is 0. The van der Waals surface area contributed by atoms with Crippen LogP contribution in [0.2, 0.25) is 0 Å². The van der Waals surface area contributed by atoms with Gasteiger partial charge in [-0.05, 0) is 24.3 Å². The van der Waals surface area contributed by atoms with Gasteiger partial charge in [-0.2, -0.15) is 0 Å². The second kappa shape index (κ2) is 6.54. The molecule has 8 nitrogen and oxygen atoms in total. The van der Waals surface area contributed by atoms with E-state index < -0.39 is 19.9 Å². The number of benzene rings is 2. The summed E-state index contributed by atoms with van der Waals surface area (Å²) in [5.74, 6) is 0.572. The third-order valence-corrected chi connectivity index (χ3v) is 6.35. The minimum absolute atomic E-state index is 0.253. The predicted molar refractivity (Wildman–Crippen MR) is 96.8 cm³/mol. The Kier molecular flexibility index (Phi) is 4.55. The molecule has 0 aliphatic carbocycles. The molecule has 26 heavy (non-hydrogen) atoms. The Morgan fingerprint density at radius 2 is 1.65 bits per heavy atom. The minimum Gasteiger partial charge on any atom is -0.317 e. The molecule has 3 aromatic rings. The Balaban J connectivity index is 2.01. The fourth-order valence-corrected chi connectivity index (χ4v) is 5.14. The van der Waals surface area contributed by atoms with Gasteiger partial charge in [-0.3, -0.25) is 4.72 Å². The summed E-state index contributed by atoms with van der Waals surface area (Å²) >= 11 is 0. The zero-order valence-corrected chi connectivity index (χ0v) is 15.6. The van der Waals surface area contributed by atoms with Crippen molar-refractivity contribution in [2.45, 2.75) is 9.79 Å². The number of nitrogens with one attached hydrogen (secondary N) is 1. The lowest BCUT2D eigenvalue weighted by molar-refractivity contribution is 0.588. The molecule has 0 radical (unpaired) electrons. The van der Waals surface area contributed by atoms with Crippen molar-refractivity contribution >= 4 is 25.5 Å². The van der Waals surface area contributed by atoms with E-state index in [1.807, 2.05) is 0 Å². The van der Waals surface area contributed by atoms with Crippen LogP contribution in [0.15, 0.2) is 64.6 Å². The minimum atomic E-state index is -4.09. The highest BCUT2D eigenvalue weighted by molar-refractivity contribution is 7.95. The first-order chi connectivity index (χ1) is 12.2. The number of anilines is 1. The number of hydrogen-bond donors (Lipinski definition) is 1. The molecule has 0 aliphatic heterocycles. The van der Waals surface area contributed by atoms with Crippen LogP contribution < -0.4 is 4.72 Å². The Hall–Kier alpha value is -2.72. The SMILES string of the molecule is Cn1cnnc1-c1cccc(NS(=O)(=O)c2ccccc2S(C)(=O)=O)c1. The Labute approximate surface area is 151 Å². The van der Waals surface area contributed by atoms with Crippen molar-refractivity contribution in [1.82, 2.24) is 14.8 Å². The van der Waals surface area contributed by atoms with Crippen LogP contribution in [-0.2, 0) is 26.9 Å². The van der Waals surface area contributed by atoms with Crippen LogP contribution >= 0.6 is 0 Å². The molecule has 0 spiro atoms. The zero-order chi connectivity index (χ0) is 18.9. The molecule has 3 rings (SSSR count). The number of aromatic nitrogens is 3. The van der Waals surface area contributed by atoms with Gasteiger partial charge < -0.3 is 4.57 Å². The lowest BCUT2D eigenvalue weighted by Crippen LogP contribution is -2.16. The maximum absolute atomic E-state index is 12.7. The van der Waals surface area contributed by atoms with Gasteiger partial charge in [-0.1, -0.05) is 24.3 Å². The van der Waals surface area contributed by atoms with Crippen LogP contribution in [0.4, 0.5) is 5.69 Å². The lowest BCUT2D eigenvalue weighted by Gasteiger charge is -2.12. The molecule has 136 valence electrons. The summed E-state index contributed by atoms with van der Waals surface area (Å²) in [7, 11) is -6.02. The third kappa shape index (κ3) is 3.60. The van der Waals surface area contributed by atoms with Crippen LogP contribution in [0, 0.1) is 0 Å². The van der Waals surface area contributed by atoms with E-state index in [9.17, 15) is 16.8 Å². The van der Waals surface area contributed by atoms with Crippen molar-refractivity contribution in [2.24, 2.45) is 7.05 Å². The van der Waals surface area contributed by atoms with E-state index in [1.54, 1.807) is 35.9 Å². The second-order valence-electron chi connectivity index (χ2n) is 5.67. The fraction of sp³-hybridized carbons (Fsp3) is 0.125. The summed E-state index contributed by atoms with van der Waals surface area (Å²) < 4.78 is 53.3. The van der Waals surface area contributed by atoms with E-state index in [0.717, 1.165) is 6.26 Å². The zero-order valence-electron chi connectivity index (χ0n) is 14.0. The molecule has 0 unspecified atom stereocenters. The van der Waals surface area contributed by atoms with Crippen LogP contribution in [0.5, 0.6) is 0 Å². The fourth-order valence-electron chi connectivity index (χ4n) is 2.45. The molecule has 10 heteroatoms. The van der Waals surface area contributed by atoms with Crippen LogP contribution in [-0.4, -0.2) is 37.9 Å². The van der Waals surface area contributed by atoms with Crippen LogP contribution in [0.3, 0.4) is 0 Å². The van der Waals surface area contributed by atoms with E-state index in [4.69, 9.17) is 0 Å². The largest absolute Gasteiger partial charge is 0.317 e. The number of rotatable bonds is 5. The standard InChI is InChI=1S/C16H16N4O4S2/c1-20-11-17-18-16(20)12-6-5-7-13(10-12)19-26(23,24)15-9-4-3-8-14(15)25(2,21)22/h3-11,19H,1-2H3. The van der Waals surface area contributed by atoms with Crippen LogP contribution in [0.1, 0.15) is 0 Å². The molecule has 0 atom stereocenters. The Bertz CT molecular complexity index is 1170. The monoisotopic (exact) mass is 392 g/mol. The van der Waals surface area contributed by atoms with Gasteiger partial charge in [-0.15, -0.1) is 10.2 Å². The molecule has 0 bridgehead atoms. The first-order valence-corrected chi connectivity index (χ1v) is 10.8. The van der Waals surface area contributed by atoms with Gasteiger partial charge in [0.2, 0.25) is 0 Å². The summed E-state index contributed by atoms with van der Waals surface area (Å²) in [4.78, 5) is -0.552. The van der Waals surface area contributed by atoms with Crippen molar-refractivity contribution in [3.63, 3.8) is 0 Å². The summed E-state index contributed by atoms with van der Waals surface area (Å²) in [6.07, 6.45) is 2.50. The van der Waals surface area contributed by atoms with Crippen molar-refractivity contribution in [3.8, 4) is 11.4 Å². The summed E-state index contributed by atoms with van der Waals surface area (Å²) in [6, 6.07) is 12.1. The van der Waals surface area contributed by atoms with Crippen LogP contribution in [0.25, 0.3) is 11.4 Å². The number of sulfonamides is 1. The highest BCUT2D eigenvalue weighted by atomic mass is 32.2. The first-order valence-electron chi connectivity index (χ1n) is 7.45. The predicted octanol–water partition coefficient (Wildman–Crippen LogP) is 1.69. The van der Waals surface area contributed by atoms with E-state index in [0.29, 0.717) is 11.4 Å². The first kappa shape index (κ1) is 18.1. The number of nitrogens with zero attached hydrogens (tertiary/aromatic N) is 3. The van der Waals surface area contributed by atoms with Gasteiger partial charge in [0.15, 0.2) is 15.7 Å². The van der Waals surface area contributed by atoms with Crippen molar-refractivity contribution < 1.29 is 16.8 Å². The topological polar surface area (TPSA) is 111 Å². The average molecular weight is 392 g/mol. The average Bonchev–Trinajstić information content (AvgIpc) is 3.00. The highest BCUT2D eigenvalue weighted by Crippen LogP contribution is 2.25. The van der Waals surface area contributed by atoms with Gasteiger partial charge in [0, 0.05) is 24.6 Å². The number of hydrogen-bond acceptors (Lipinski definition) is 6. The van der Waals surface area contributed by atoms with E-state index in [1.165, 1.54) is 30.6 Å². The lowest BCUT2D eigenvalue weighted by atomic mass is 10.2. The van der Waals surface area contributed by atoms with E-state index in [2.05, 4.69) is 14.9 Å². The van der Waals surface area contributed by atoms with Gasteiger partial charge in [0.05, 0.1) is 4.90 Å². The molecule has 1 aromatic heterocycles. The molecule has 0 saturated heterocycles. The molecule has 0 fully saturated rings. The summed E-state index contributed by atoms with van der Waals surface area (Å²) in [5.41, 5.74) is 0.954. The Morgan fingerprint density at radius 1 is 0.962 bits per heavy atom. The Morgan fingerprint density at radius 3 is 2.27 bits per heavy atom. The van der Waals surface area contributed by atoms with Crippen molar-refractivity contribution in [1.29, 1.82) is 0 Å². The van der Waals surface area contributed by atoms with Gasteiger partial charge in [-0.25, -0.2) is 16.8 Å². The molecular formula is C16H16N4O4S2. The van der Waals surface area contributed by atoms with Gasteiger partial charge in [0.25, 0.3) is 10.0 Å². The maximum Gasteiger partial charge on any atom is 0.263 e. The summed E-state index contributed by atoms with van der Waals surface area (Å²) in [5, 5.41) is 7.78.